The lowest BCUT2D eigenvalue weighted by Crippen LogP contribution is -2.17. The van der Waals surface area contributed by atoms with E-state index < -0.39 is 17.5 Å². The van der Waals surface area contributed by atoms with Crippen molar-refractivity contribution in [2.24, 2.45) is 12.8 Å². The van der Waals surface area contributed by atoms with E-state index in [0.717, 1.165) is 0 Å². The fourth-order valence-corrected chi connectivity index (χ4v) is 2.23. The number of benzene rings is 1. The molecule has 2 heterocycles. The zero-order chi connectivity index (χ0) is 17.3. The van der Waals surface area contributed by atoms with Crippen molar-refractivity contribution >= 4 is 5.91 Å². The molecule has 0 unspecified atom stereocenters. The highest BCUT2D eigenvalue weighted by molar-refractivity contribution is 5.90. The Labute approximate surface area is 135 Å². The number of aromatic nitrogens is 3. The maximum absolute atomic E-state index is 14.4. The molecule has 0 bridgehead atoms. The first-order valence-corrected chi connectivity index (χ1v) is 6.87. The molecule has 0 atom stereocenters. The van der Waals surface area contributed by atoms with Gasteiger partial charge >= 0.3 is 0 Å². The van der Waals surface area contributed by atoms with Crippen molar-refractivity contribution in [3.63, 3.8) is 0 Å². The van der Waals surface area contributed by atoms with E-state index in [1.54, 1.807) is 0 Å². The van der Waals surface area contributed by atoms with Crippen molar-refractivity contribution in [1.29, 1.82) is 0 Å². The summed E-state index contributed by atoms with van der Waals surface area (Å²) in [6.07, 6.45) is 4.19. The molecule has 0 radical (unpaired) electrons. The maximum Gasteiger partial charge on any atom is 0.284 e. The second-order valence-electron chi connectivity index (χ2n) is 4.91. The normalized spacial score (nSPS) is 10.6. The zero-order valence-electron chi connectivity index (χ0n) is 12.5. The van der Waals surface area contributed by atoms with Crippen molar-refractivity contribution in [1.82, 2.24) is 14.5 Å². The third kappa shape index (κ3) is 2.69. The molecule has 0 aliphatic rings. The quantitative estimate of drug-likeness (QED) is 0.797. The van der Waals surface area contributed by atoms with Crippen molar-refractivity contribution in [2.75, 3.05) is 0 Å². The molecule has 0 aliphatic carbocycles. The Hall–Kier alpha value is -3.29. The van der Waals surface area contributed by atoms with E-state index in [1.165, 1.54) is 54.5 Å². The molecule has 3 aromatic rings. The number of pyridine rings is 1. The number of carbonyl (C=O) groups excluding carboxylic acids is 1. The summed E-state index contributed by atoms with van der Waals surface area (Å²) in [6, 6.07) is 5.68. The first kappa shape index (κ1) is 15.6. The van der Waals surface area contributed by atoms with E-state index in [1.807, 2.05) is 0 Å². The lowest BCUT2D eigenvalue weighted by atomic mass is 10.1. The molecule has 1 amide bonds. The minimum absolute atomic E-state index is 0.0538. The summed E-state index contributed by atoms with van der Waals surface area (Å²) in [5, 5.41) is 0. The highest BCUT2D eigenvalue weighted by Crippen LogP contribution is 2.32. The van der Waals surface area contributed by atoms with Crippen LogP contribution in [0, 0.1) is 11.6 Å². The van der Waals surface area contributed by atoms with Crippen molar-refractivity contribution in [3.8, 4) is 22.8 Å². The molecule has 1 aromatic carbocycles. The number of imidazole rings is 1. The number of hydrogen-bond donors (Lipinski definition) is 1. The number of rotatable bonds is 4. The van der Waals surface area contributed by atoms with Crippen LogP contribution in [0.15, 0.2) is 42.9 Å². The zero-order valence-corrected chi connectivity index (χ0v) is 12.5. The Morgan fingerprint density at radius 2 is 1.88 bits per heavy atom. The summed E-state index contributed by atoms with van der Waals surface area (Å²) in [7, 11) is 1.49. The van der Waals surface area contributed by atoms with E-state index in [4.69, 9.17) is 10.5 Å². The first-order valence-electron chi connectivity index (χ1n) is 6.87. The van der Waals surface area contributed by atoms with Gasteiger partial charge in [0.2, 0.25) is 5.82 Å². The molecule has 0 fully saturated rings. The lowest BCUT2D eigenvalue weighted by molar-refractivity contribution is 0.0987. The molecule has 2 aromatic heterocycles. The predicted molar refractivity (Wildman–Crippen MR) is 81.4 cm³/mol. The van der Waals surface area contributed by atoms with Gasteiger partial charge in [-0.2, -0.15) is 4.39 Å². The largest absolute Gasteiger partial charge is 0.454 e. The van der Waals surface area contributed by atoms with Crippen LogP contribution < -0.4 is 10.5 Å². The van der Waals surface area contributed by atoms with Crippen LogP contribution in [-0.2, 0) is 7.05 Å². The predicted octanol–water partition coefficient (Wildman–Crippen LogP) is 2.65. The monoisotopic (exact) mass is 330 g/mol. The van der Waals surface area contributed by atoms with Crippen LogP contribution in [0.5, 0.6) is 11.5 Å². The molecular weight excluding hydrogens is 318 g/mol. The van der Waals surface area contributed by atoms with E-state index >= 15 is 0 Å². The summed E-state index contributed by atoms with van der Waals surface area (Å²) in [4.78, 5) is 18.8. The molecule has 0 spiro atoms. The lowest BCUT2D eigenvalue weighted by Gasteiger charge is -2.10. The third-order valence-electron chi connectivity index (χ3n) is 3.41. The second-order valence-corrected chi connectivity index (χ2v) is 4.91. The molecule has 24 heavy (non-hydrogen) atoms. The Balaban J connectivity index is 2.00. The van der Waals surface area contributed by atoms with Gasteiger partial charge in [-0.1, -0.05) is 0 Å². The topological polar surface area (TPSA) is 83.0 Å². The highest BCUT2D eigenvalue weighted by Gasteiger charge is 2.20. The maximum atomic E-state index is 14.4. The standard InChI is InChI=1S/C16H12F2N4O2/c1-22-11(8-21-16(22)15(19)23)10-2-3-12(14(18)13(10)17)24-9-4-6-20-7-5-9/h2-8H,1H3,(H2,19,23). The van der Waals surface area contributed by atoms with Crippen molar-refractivity contribution in [2.45, 2.75) is 0 Å². The second kappa shape index (κ2) is 6.07. The van der Waals surface area contributed by atoms with Gasteiger partial charge in [-0.3, -0.25) is 9.78 Å². The molecule has 3 rings (SSSR count). The first-order chi connectivity index (χ1) is 11.5. The van der Waals surface area contributed by atoms with Gasteiger partial charge in [0.15, 0.2) is 17.4 Å². The average Bonchev–Trinajstić information content (AvgIpc) is 2.95. The number of ether oxygens (including phenoxy) is 1. The number of primary amides is 1. The molecule has 0 saturated heterocycles. The van der Waals surface area contributed by atoms with Crippen LogP contribution in [-0.4, -0.2) is 20.4 Å². The third-order valence-corrected chi connectivity index (χ3v) is 3.41. The molecule has 8 heteroatoms. The Morgan fingerprint density at radius 1 is 1.17 bits per heavy atom. The van der Waals surface area contributed by atoms with Crippen LogP contribution in [0.3, 0.4) is 0 Å². The summed E-state index contributed by atoms with van der Waals surface area (Å²) >= 11 is 0. The van der Waals surface area contributed by atoms with Crippen molar-refractivity contribution < 1.29 is 18.3 Å². The van der Waals surface area contributed by atoms with Gasteiger partial charge in [-0.15, -0.1) is 0 Å². The SMILES string of the molecule is Cn1c(-c2ccc(Oc3ccncc3)c(F)c2F)cnc1C(N)=O. The minimum Gasteiger partial charge on any atom is -0.454 e. The van der Waals surface area contributed by atoms with Gasteiger partial charge in [-0.25, -0.2) is 9.37 Å². The van der Waals surface area contributed by atoms with E-state index in [9.17, 15) is 13.6 Å². The minimum atomic E-state index is -1.15. The summed E-state index contributed by atoms with van der Waals surface area (Å²) < 4.78 is 35.3. The van der Waals surface area contributed by atoms with Crippen LogP contribution in [0.1, 0.15) is 10.6 Å². The Morgan fingerprint density at radius 3 is 2.50 bits per heavy atom. The fraction of sp³-hybridized carbons (Fsp3) is 0.0625. The van der Waals surface area contributed by atoms with Crippen molar-refractivity contribution in [3.05, 3.63) is 60.3 Å². The van der Waals surface area contributed by atoms with Crippen LogP contribution in [0.25, 0.3) is 11.3 Å². The van der Waals surface area contributed by atoms with Gasteiger partial charge in [0, 0.05) is 25.0 Å². The van der Waals surface area contributed by atoms with Crippen LogP contribution in [0.2, 0.25) is 0 Å². The van der Waals surface area contributed by atoms with Gasteiger partial charge in [0.1, 0.15) is 5.75 Å². The van der Waals surface area contributed by atoms with Crippen LogP contribution >= 0.6 is 0 Å². The summed E-state index contributed by atoms with van der Waals surface area (Å²) in [6.45, 7) is 0. The smallest absolute Gasteiger partial charge is 0.284 e. The van der Waals surface area contributed by atoms with E-state index in [-0.39, 0.29) is 22.8 Å². The summed E-state index contributed by atoms with van der Waals surface area (Å²) in [5.74, 6) is -3.01. The van der Waals surface area contributed by atoms with Gasteiger partial charge < -0.3 is 15.0 Å². The van der Waals surface area contributed by atoms with Gasteiger partial charge in [-0.05, 0) is 24.3 Å². The number of nitrogens with zero attached hydrogens (tertiary/aromatic N) is 3. The molecule has 2 N–H and O–H groups in total. The number of hydrogen-bond acceptors (Lipinski definition) is 4. The number of nitrogens with two attached hydrogens (primary N) is 1. The summed E-state index contributed by atoms with van der Waals surface area (Å²) in [5.41, 5.74) is 5.33. The number of amides is 1. The van der Waals surface area contributed by atoms with E-state index in [0.29, 0.717) is 5.75 Å². The number of halogens is 2. The fourth-order valence-electron chi connectivity index (χ4n) is 2.23. The van der Waals surface area contributed by atoms with Crippen LogP contribution in [0.4, 0.5) is 8.78 Å². The number of carbonyl (C=O) groups is 1. The molecule has 0 saturated carbocycles. The molecular formula is C16H12F2N4O2. The molecule has 6 nitrogen and oxygen atoms in total. The van der Waals surface area contributed by atoms with Gasteiger partial charge in [0.25, 0.3) is 5.91 Å². The average molecular weight is 330 g/mol. The molecule has 122 valence electrons. The highest BCUT2D eigenvalue weighted by atomic mass is 19.2. The van der Waals surface area contributed by atoms with Gasteiger partial charge in [0.05, 0.1) is 11.9 Å². The Bertz CT molecular complexity index is 910. The molecule has 0 aliphatic heterocycles. The van der Waals surface area contributed by atoms with E-state index in [2.05, 4.69) is 9.97 Å². The Kier molecular flexibility index (Phi) is 3.95.